The second-order valence-corrected chi connectivity index (χ2v) is 8.90. The highest BCUT2D eigenvalue weighted by molar-refractivity contribution is 8.26. The SMILES string of the molecule is O=C(O)c1ccc(C2CC=C(/C=C3\SC(=S)N(C4CCCCC4)C3=O)O2)cc1. The molecular weight excluding hydrogens is 394 g/mol. The number of carboxylic acid groups (broad SMARTS) is 1. The van der Waals surface area contributed by atoms with Crippen molar-refractivity contribution < 1.29 is 19.4 Å². The third-order valence-electron chi connectivity index (χ3n) is 5.38. The summed E-state index contributed by atoms with van der Waals surface area (Å²) in [4.78, 5) is 26.3. The van der Waals surface area contributed by atoms with E-state index in [1.165, 1.54) is 18.2 Å². The van der Waals surface area contributed by atoms with Crippen molar-refractivity contribution in [1.29, 1.82) is 0 Å². The maximum atomic E-state index is 12.9. The van der Waals surface area contributed by atoms with Gasteiger partial charge in [0.15, 0.2) is 0 Å². The molecule has 1 aromatic carbocycles. The van der Waals surface area contributed by atoms with E-state index in [1.807, 2.05) is 6.08 Å². The zero-order valence-electron chi connectivity index (χ0n) is 15.3. The second kappa shape index (κ2) is 8.09. The molecule has 28 heavy (non-hydrogen) atoms. The molecule has 1 atom stereocenters. The number of carboxylic acids is 1. The molecule has 0 radical (unpaired) electrons. The van der Waals surface area contributed by atoms with E-state index in [-0.39, 0.29) is 23.6 Å². The minimum Gasteiger partial charge on any atom is -0.486 e. The van der Waals surface area contributed by atoms with Gasteiger partial charge in [-0.1, -0.05) is 55.4 Å². The van der Waals surface area contributed by atoms with Gasteiger partial charge < -0.3 is 9.84 Å². The number of thioether (sulfide) groups is 1. The Balaban J connectivity index is 1.43. The van der Waals surface area contributed by atoms with Crippen LogP contribution in [0.25, 0.3) is 0 Å². The van der Waals surface area contributed by atoms with Gasteiger partial charge in [0.05, 0.1) is 10.5 Å². The van der Waals surface area contributed by atoms with E-state index in [0.717, 1.165) is 31.2 Å². The first-order valence-electron chi connectivity index (χ1n) is 9.50. The van der Waals surface area contributed by atoms with Crippen molar-refractivity contribution in [2.75, 3.05) is 0 Å². The Morgan fingerprint density at radius 2 is 1.93 bits per heavy atom. The number of carbonyl (C=O) groups excluding carboxylic acids is 1. The van der Waals surface area contributed by atoms with Crippen LogP contribution < -0.4 is 0 Å². The molecule has 1 saturated heterocycles. The Hall–Kier alpha value is -2.12. The summed E-state index contributed by atoms with van der Waals surface area (Å²) in [5.74, 6) is -0.296. The molecule has 1 unspecified atom stereocenters. The topological polar surface area (TPSA) is 66.8 Å². The van der Waals surface area contributed by atoms with Crippen LogP contribution in [-0.4, -0.2) is 32.2 Å². The average Bonchev–Trinajstić information content (AvgIpc) is 3.27. The van der Waals surface area contributed by atoms with E-state index in [1.54, 1.807) is 35.2 Å². The largest absolute Gasteiger partial charge is 0.486 e. The molecule has 0 aromatic heterocycles. The lowest BCUT2D eigenvalue weighted by molar-refractivity contribution is -0.124. The predicted molar refractivity (Wildman–Crippen MR) is 112 cm³/mol. The monoisotopic (exact) mass is 415 g/mol. The predicted octanol–water partition coefficient (Wildman–Crippen LogP) is 4.81. The van der Waals surface area contributed by atoms with Gasteiger partial charge in [0.1, 0.15) is 16.2 Å². The number of nitrogens with zero attached hydrogens (tertiary/aromatic N) is 1. The molecule has 2 fully saturated rings. The van der Waals surface area contributed by atoms with Gasteiger partial charge in [0, 0.05) is 12.5 Å². The number of benzene rings is 1. The van der Waals surface area contributed by atoms with Gasteiger partial charge >= 0.3 is 5.97 Å². The quantitative estimate of drug-likeness (QED) is 0.562. The molecule has 0 bridgehead atoms. The number of rotatable bonds is 4. The van der Waals surface area contributed by atoms with Crippen LogP contribution >= 0.6 is 24.0 Å². The first-order valence-corrected chi connectivity index (χ1v) is 10.7. The summed E-state index contributed by atoms with van der Waals surface area (Å²) in [5.41, 5.74) is 1.17. The van der Waals surface area contributed by atoms with E-state index in [0.29, 0.717) is 21.4 Å². The Morgan fingerprint density at radius 3 is 2.61 bits per heavy atom. The lowest BCUT2D eigenvalue weighted by atomic mass is 9.94. The third kappa shape index (κ3) is 3.86. The van der Waals surface area contributed by atoms with Crippen molar-refractivity contribution in [3.05, 3.63) is 58.2 Å². The molecule has 3 aliphatic rings. The van der Waals surface area contributed by atoms with Gasteiger partial charge in [-0.3, -0.25) is 9.69 Å². The van der Waals surface area contributed by atoms with E-state index < -0.39 is 5.97 Å². The van der Waals surface area contributed by atoms with Gasteiger partial charge in [-0.25, -0.2) is 4.79 Å². The van der Waals surface area contributed by atoms with Gasteiger partial charge in [-0.15, -0.1) is 0 Å². The molecule has 1 aliphatic carbocycles. The molecule has 1 aromatic rings. The summed E-state index contributed by atoms with van der Waals surface area (Å²) in [6, 6.07) is 6.93. The van der Waals surface area contributed by atoms with Crippen molar-refractivity contribution in [1.82, 2.24) is 4.90 Å². The summed E-state index contributed by atoms with van der Waals surface area (Å²) in [6.45, 7) is 0. The van der Waals surface area contributed by atoms with Gasteiger partial charge in [-0.05, 0) is 42.7 Å². The summed E-state index contributed by atoms with van der Waals surface area (Å²) in [5, 5.41) is 9.01. The minimum absolute atomic E-state index is 0.0133. The maximum Gasteiger partial charge on any atom is 0.335 e. The molecule has 7 heteroatoms. The van der Waals surface area contributed by atoms with Crippen LogP contribution in [0.4, 0.5) is 0 Å². The molecule has 146 valence electrons. The molecule has 5 nitrogen and oxygen atoms in total. The van der Waals surface area contributed by atoms with Crippen molar-refractivity contribution in [2.24, 2.45) is 0 Å². The zero-order valence-corrected chi connectivity index (χ0v) is 16.9. The van der Waals surface area contributed by atoms with Crippen molar-refractivity contribution in [2.45, 2.75) is 50.7 Å². The van der Waals surface area contributed by atoms with Crippen molar-refractivity contribution in [3.8, 4) is 0 Å². The van der Waals surface area contributed by atoms with Crippen LogP contribution in [0.2, 0.25) is 0 Å². The van der Waals surface area contributed by atoms with Gasteiger partial charge in [-0.2, -0.15) is 0 Å². The first kappa shape index (κ1) is 19.2. The highest BCUT2D eigenvalue weighted by atomic mass is 32.2. The molecule has 0 spiro atoms. The number of ether oxygens (including phenoxy) is 1. The molecular formula is C21H21NO4S2. The molecule has 2 heterocycles. The lowest BCUT2D eigenvalue weighted by Crippen LogP contribution is -2.39. The fourth-order valence-electron chi connectivity index (χ4n) is 3.88. The standard InChI is InChI=1S/C21H21NO4S2/c23-19-18(28-21(27)22(19)15-4-2-1-3-5-15)12-16-10-11-17(26-16)13-6-8-14(9-7-13)20(24)25/h6-10,12,15,17H,1-5,11H2,(H,24,25)/b18-12-. The van der Waals surface area contributed by atoms with Crippen molar-refractivity contribution in [3.63, 3.8) is 0 Å². The highest BCUT2D eigenvalue weighted by Gasteiger charge is 2.38. The van der Waals surface area contributed by atoms with E-state index in [9.17, 15) is 9.59 Å². The summed E-state index contributed by atoms with van der Waals surface area (Å²) in [7, 11) is 0. The molecule has 4 rings (SSSR count). The number of aromatic carboxylic acids is 1. The number of thiocarbonyl (C=S) groups is 1. The summed E-state index contributed by atoms with van der Waals surface area (Å²) in [6.07, 6.45) is 9.84. The van der Waals surface area contributed by atoms with E-state index in [4.69, 9.17) is 22.1 Å². The zero-order chi connectivity index (χ0) is 19.7. The maximum absolute atomic E-state index is 12.9. The number of hydrogen-bond donors (Lipinski definition) is 1. The Morgan fingerprint density at radius 1 is 1.21 bits per heavy atom. The van der Waals surface area contributed by atoms with Crippen molar-refractivity contribution >= 4 is 40.2 Å². The fraction of sp³-hybridized carbons (Fsp3) is 0.381. The minimum atomic E-state index is -0.947. The van der Waals surface area contributed by atoms with Gasteiger partial charge in [0.25, 0.3) is 5.91 Å². The highest BCUT2D eigenvalue weighted by Crippen LogP contribution is 2.39. The molecule has 1 amide bonds. The Kier molecular flexibility index (Phi) is 5.55. The van der Waals surface area contributed by atoms with Crippen LogP contribution in [-0.2, 0) is 9.53 Å². The normalized spacial score (nSPS) is 24.6. The lowest BCUT2D eigenvalue weighted by Gasteiger charge is -2.29. The van der Waals surface area contributed by atoms with Crippen LogP contribution in [0.15, 0.2) is 47.1 Å². The number of amides is 1. The molecule has 2 aliphatic heterocycles. The van der Waals surface area contributed by atoms with Gasteiger partial charge in [0.2, 0.25) is 0 Å². The summed E-state index contributed by atoms with van der Waals surface area (Å²) >= 11 is 6.82. The van der Waals surface area contributed by atoms with Crippen LogP contribution in [0.5, 0.6) is 0 Å². The molecule has 1 saturated carbocycles. The van der Waals surface area contributed by atoms with Crippen LogP contribution in [0.1, 0.15) is 60.6 Å². The van der Waals surface area contributed by atoms with Crippen LogP contribution in [0, 0.1) is 0 Å². The van der Waals surface area contributed by atoms with Crippen LogP contribution in [0.3, 0.4) is 0 Å². The van der Waals surface area contributed by atoms with E-state index in [2.05, 4.69) is 0 Å². The third-order valence-corrected chi connectivity index (χ3v) is 6.71. The number of hydrogen-bond acceptors (Lipinski definition) is 5. The Bertz CT molecular complexity index is 869. The number of carbonyl (C=O) groups is 2. The average molecular weight is 416 g/mol. The number of allylic oxidation sites excluding steroid dienone is 1. The summed E-state index contributed by atoms with van der Waals surface area (Å²) < 4.78 is 6.63. The second-order valence-electron chi connectivity index (χ2n) is 7.22. The molecule has 1 N–H and O–H groups in total. The Labute approximate surface area is 173 Å². The first-order chi connectivity index (χ1) is 13.5. The smallest absolute Gasteiger partial charge is 0.335 e. The van der Waals surface area contributed by atoms with E-state index >= 15 is 0 Å². The fourth-order valence-corrected chi connectivity index (χ4v) is 5.26.